The zero-order chi connectivity index (χ0) is 10.1. The number of hydrogen-bond donors (Lipinski definition) is 1. The van der Waals surface area contributed by atoms with Crippen LogP contribution in [0.5, 0.6) is 0 Å². The van der Waals surface area contributed by atoms with Gasteiger partial charge >= 0.3 is 29.6 Å². The fraction of sp³-hybridized carbons (Fsp3) is 0.200. The summed E-state index contributed by atoms with van der Waals surface area (Å²) in [5.74, 6) is -1.39. The number of carboxylic acid groups (broad SMARTS) is 1. The maximum Gasteiger partial charge on any atom is 1.00 e. The second kappa shape index (κ2) is 4.79. The second-order valence-corrected chi connectivity index (χ2v) is 3.18. The topological polar surface area (TPSA) is 68.8 Å². The fourth-order valence-corrected chi connectivity index (χ4v) is 1.29. The van der Waals surface area contributed by atoms with Crippen LogP contribution in [0.3, 0.4) is 0 Å². The molecule has 0 aliphatic rings. The molecule has 4 nitrogen and oxygen atoms in total. The number of nitrogens with zero attached hydrogens (tertiary/aromatic N) is 1. The van der Waals surface area contributed by atoms with E-state index in [0.29, 0.717) is 5.82 Å². The van der Waals surface area contributed by atoms with Crippen LogP contribution in [0.15, 0.2) is 24.3 Å². The third kappa shape index (κ3) is 2.40. The van der Waals surface area contributed by atoms with Crippen LogP contribution in [0.25, 0.3) is 11.0 Å². The number of carboxylic acids is 1. The largest absolute Gasteiger partial charge is 1.00 e. The summed E-state index contributed by atoms with van der Waals surface area (Å²) >= 11 is 0. The Morgan fingerprint density at radius 2 is 2.13 bits per heavy atom. The van der Waals surface area contributed by atoms with Crippen LogP contribution in [0.1, 0.15) is 18.7 Å². The summed E-state index contributed by atoms with van der Waals surface area (Å²) < 4.78 is 0. The van der Waals surface area contributed by atoms with Gasteiger partial charge in [0.15, 0.2) is 0 Å². The van der Waals surface area contributed by atoms with E-state index in [4.69, 9.17) is 0 Å². The van der Waals surface area contributed by atoms with Gasteiger partial charge in [0, 0.05) is 0 Å². The normalized spacial score (nSPS) is 12.1. The average Bonchev–Trinajstić information content (AvgIpc) is 2.59. The first-order chi connectivity index (χ1) is 6.68. The van der Waals surface area contributed by atoms with E-state index in [1.807, 2.05) is 24.3 Å². The molecule has 1 atom stereocenters. The second-order valence-electron chi connectivity index (χ2n) is 3.18. The molecule has 1 aromatic heterocycles. The Bertz CT molecular complexity index is 448. The monoisotopic (exact) mass is 212 g/mol. The van der Waals surface area contributed by atoms with E-state index in [9.17, 15) is 9.90 Å². The minimum absolute atomic E-state index is 0. The van der Waals surface area contributed by atoms with Crippen LogP contribution in [-0.4, -0.2) is 15.9 Å². The number of aromatic amines is 1. The van der Waals surface area contributed by atoms with Crippen molar-refractivity contribution in [2.24, 2.45) is 0 Å². The Morgan fingerprint density at radius 1 is 1.47 bits per heavy atom. The van der Waals surface area contributed by atoms with Gasteiger partial charge in [0.2, 0.25) is 0 Å². The number of fused-ring (bicyclic) bond motifs is 1. The predicted octanol–water partition coefficient (Wildman–Crippen LogP) is -2.58. The van der Waals surface area contributed by atoms with E-state index in [-0.39, 0.29) is 29.6 Å². The van der Waals surface area contributed by atoms with Crippen molar-refractivity contribution in [1.82, 2.24) is 9.97 Å². The summed E-state index contributed by atoms with van der Waals surface area (Å²) in [5, 5.41) is 10.6. The van der Waals surface area contributed by atoms with E-state index < -0.39 is 11.9 Å². The van der Waals surface area contributed by atoms with E-state index in [1.54, 1.807) is 6.92 Å². The zero-order valence-corrected chi connectivity index (χ0v) is 10.7. The van der Waals surface area contributed by atoms with Crippen molar-refractivity contribution in [3.8, 4) is 0 Å². The SMILES string of the molecule is CC(C(=O)[O-])c1nc2ccccc2[nH]1.[Na+]. The first-order valence-electron chi connectivity index (χ1n) is 4.34. The van der Waals surface area contributed by atoms with Crippen LogP contribution in [0.2, 0.25) is 0 Å². The van der Waals surface area contributed by atoms with Crippen LogP contribution in [-0.2, 0) is 4.79 Å². The number of rotatable bonds is 2. The molecule has 0 aliphatic heterocycles. The number of aliphatic carboxylic acids is 1. The van der Waals surface area contributed by atoms with Gasteiger partial charge in [0.1, 0.15) is 5.82 Å². The van der Waals surface area contributed by atoms with Crippen molar-refractivity contribution in [2.45, 2.75) is 12.8 Å². The maximum absolute atomic E-state index is 10.6. The number of para-hydroxylation sites is 2. The van der Waals surface area contributed by atoms with Gasteiger partial charge in [0.05, 0.1) is 22.9 Å². The molecular formula is C10H9N2NaO2. The van der Waals surface area contributed by atoms with Gasteiger partial charge in [-0.05, 0) is 12.1 Å². The molecule has 0 saturated carbocycles. The number of H-pyrrole nitrogens is 1. The predicted molar refractivity (Wildman–Crippen MR) is 49.5 cm³/mol. The molecule has 0 radical (unpaired) electrons. The first kappa shape index (κ1) is 12.2. The van der Waals surface area contributed by atoms with Crippen LogP contribution >= 0.6 is 0 Å². The minimum Gasteiger partial charge on any atom is -0.549 e. The molecule has 72 valence electrons. The minimum atomic E-state index is -1.12. The summed E-state index contributed by atoms with van der Waals surface area (Å²) in [5.41, 5.74) is 1.62. The molecule has 0 spiro atoms. The summed E-state index contributed by atoms with van der Waals surface area (Å²) in [6.07, 6.45) is 0. The van der Waals surface area contributed by atoms with Crippen molar-refractivity contribution >= 4 is 17.0 Å². The van der Waals surface area contributed by atoms with Crippen molar-refractivity contribution in [3.05, 3.63) is 30.1 Å². The van der Waals surface area contributed by atoms with Crippen molar-refractivity contribution < 1.29 is 39.5 Å². The standard InChI is InChI=1S/C10H10N2O2.Na/c1-6(10(13)14)9-11-7-4-2-3-5-8(7)12-9;/h2-6H,1H3,(H,11,12)(H,13,14);/q;+1/p-1. The summed E-state index contributed by atoms with van der Waals surface area (Å²) in [6.45, 7) is 1.55. The molecule has 2 rings (SSSR count). The molecule has 2 aromatic rings. The molecule has 1 unspecified atom stereocenters. The van der Waals surface area contributed by atoms with Gasteiger partial charge in [-0.3, -0.25) is 0 Å². The number of nitrogens with one attached hydrogen (secondary N) is 1. The molecule has 15 heavy (non-hydrogen) atoms. The zero-order valence-electron chi connectivity index (χ0n) is 8.65. The number of hydrogen-bond acceptors (Lipinski definition) is 3. The molecule has 0 amide bonds. The van der Waals surface area contributed by atoms with Gasteiger partial charge in [-0.2, -0.15) is 0 Å². The Kier molecular flexibility index (Phi) is 3.90. The average molecular weight is 212 g/mol. The van der Waals surface area contributed by atoms with Crippen molar-refractivity contribution in [2.75, 3.05) is 0 Å². The molecule has 1 N–H and O–H groups in total. The number of carbonyl (C=O) groups is 1. The van der Waals surface area contributed by atoms with Crippen LogP contribution in [0, 0.1) is 0 Å². The van der Waals surface area contributed by atoms with Gasteiger partial charge in [-0.1, -0.05) is 19.1 Å². The van der Waals surface area contributed by atoms with Crippen molar-refractivity contribution in [3.63, 3.8) is 0 Å². The molecule has 5 heteroatoms. The summed E-state index contributed by atoms with van der Waals surface area (Å²) in [6, 6.07) is 7.41. The Morgan fingerprint density at radius 3 is 2.73 bits per heavy atom. The molecule has 0 aliphatic carbocycles. The van der Waals surface area contributed by atoms with Crippen LogP contribution < -0.4 is 34.7 Å². The Hall–Kier alpha value is -0.840. The van der Waals surface area contributed by atoms with Gasteiger partial charge in [-0.15, -0.1) is 0 Å². The fourth-order valence-electron chi connectivity index (χ4n) is 1.29. The first-order valence-corrected chi connectivity index (χ1v) is 4.34. The summed E-state index contributed by atoms with van der Waals surface area (Å²) in [7, 11) is 0. The number of imidazole rings is 1. The summed E-state index contributed by atoms with van der Waals surface area (Å²) in [4.78, 5) is 17.7. The van der Waals surface area contributed by atoms with E-state index in [2.05, 4.69) is 9.97 Å². The molecule has 0 fully saturated rings. The van der Waals surface area contributed by atoms with E-state index in [1.165, 1.54) is 0 Å². The molecule has 0 bridgehead atoms. The molecule has 1 aromatic carbocycles. The molecule has 0 saturated heterocycles. The quantitative estimate of drug-likeness (QED) is 0.556. The maximum atomic E-state index is 10.6. The number of benzene rings is 1. The number of aromatic nitrogens is 2. The Balaban J connectivity index is 0.00000112. The molecule has 1 heterocycles. The van der Waals surface area contributed by atoms with Gasteiger partial charge in [0.25, 0.3) is 0 Å². The third-order valence-electron chi connectivity index (χ3n) is 2.17. The van der Waals surface area contributed by atoms with E-state index >= 15 is 0 Å². The van der Waals surface area contributed by atoms with Crippen molar-refractivity contribution in [1.29, 1.82) is 0 Å². The number of carbonyl (C=O) groups excluding carboxylic acids is 1. The Labute approximate surface area is 109 Å². The van der Waals surface area contributed by atoms with Crippen LogP contribution in [0.4, 0.5) is 0 Å². The third-order valence-corrected chi connectivity index (χ3v) is 2.17. The smallest absolute Gasteiger partial charge is 0.549 e. The van der Waals surface area contributed by atoms with Gasteiger partial charge < -0.3 is 14.9 Å². The van der Waals surface area contributed by atoms with E-state index in [0.717, 1.165) is 11.0 Å². The van der Waals surface area contributed by atoms with Gasteiger partial charge in [-0.25, -0.2) is 4.98 Å². The molecular weight excluding hydrogens is 203 g/mol.